The zero-order valence-corrected chi connectivity index (χ0v) is 8.96. The van der Waals surface area contributed by atoms with Crippen LogP contribution in [-0.2, 0) is 13.1 Å². The molecule has 3 rings (SSSR count). The Balaban J connectivity index is 2.13. The van der Waals surface area contributed by atoms with Crippen molar-refractivity contribution in [2.24, 2.45) is 0 Å². The van der Waals surface area contributed by atoms with E-state index in [1.165, 1.54) is 12.1 Å². The van der Waals surface area contributed by atoms with E-state index < -0.39 is 0 Å². The van der Waals surface area contributed by atoms with Gasteiger partial charge in [-0.15, -0.1) is 0 Å². The van der Waals surface area contributed by atoms with Gasteiger partial charge in [0.25, 0.3) is 5.56 Å². The molecule has 1 aromatic heterocycles. The van der Waals surface area contributed by atoms with Crippen molar-refractivity contribution in [1.82, 2.24) is 15.3 Å². The fourth-order valence-electron chi connectivity index (χ4n) is 1.92. The number of halogens is 1. The van der Waals surface area contributed by atoms with Crippen LogP contribution in [0.3, 0.4) is 0 Å². The number of benzene rings is 1. The third kappa shape index (κ3) is 1.74. The maximum Gasteiger partial charge on any atom is 0.255 e. The van der Waals surface area contributed by atoms with E-state index in [0.717, 1.165) is 5.69 Å². The largest absolute Gasteiger partial charge is 0.307 e. The fraction of sp³-hybridized carbons (Fsp3) is 0.167. The van der Waals surface area contributed by atoms with Gasteiger partial charge in [0, 0.05) is 18.7 Å². The monoisotopic (exact) mass is 231 g/mol. The molecule has 0 fully saturated rings. The predicted octanol–water partition coefficient (Wildman–Crippen LogP) is 1.18. The molecular formula is C12H10FN3O. The smallest absolute Gasteiger partial charge is 0.255 e. The first-order chi connectivity index (χ1) is 8.24. The molecule has 0 saturated carbocycles. The summed E-state index contributed by atoms with van der Waals surface area (Å²) in [6.07, 6.45) is 0. The molecular weight excluding hydrogens is 221 g/mol. The van der Waals surface area contributed by atoms with E-state index in [1.54, 1.807) is 12.1 Å². The highest BCUT2D eigenvalue weighted by atomic mass is 19.1. The van der Waals surface area contributed by atoms with Crippen molar-refractivity contribution in [1.29, 1.82) is 0 Å². The van der Waals surface area contributed by atoms with Crippen molar-refractivity contribution in [2.45, 2.75) is 13.1 Å². The molecule has 0 aliphatic carbocycles. The van der Waals surface area contributed by atoms with Gasteiger partial charge in [-0.3, -0.25) is 4.79 Å². The number of rotatable bonds is 1. The highest BCUT2D eigenvalue weighted by Gasteiger charge is 2.16. The average molecular weight is 231 g/mol. The number of fused-ring (bicyclic) bond motifs is 1. The summed E-state index contributed by atoms with van der Waals surface area (Å²) in [6, 6.07) is 5.90. The van der Waals surface area contributed by atoms with Crippen LogP contribution in [0, 0.1) is 5.82 Å². The van der Waals surface area contributed by atoms with Crippen LogP contribution < -0.4 is 10.9 Å². The van der Waals surface area contributed by atoms with Gasteiger partial charge in [0.2, 0.25) is 0 Å². The van der Waals surface area contributed by atoms with Crippen LogP contribution in [0.5, 0.6) is 0 Å². The molecule has 2 N–H and O–H groups in total. The molecule has 0 amide bonds. The molecule has 17 heavy (non-hydrogen) atoms. The summed E-state index contributed by atoms with van der Waals surface area (Å²) in [5, 5.41) is 3.07. The maximum atomic E-state index is 12.8. The summed E-state index contributed by atoms with van der Waals surface area (Å²) in [6.45, 7) is 1.16. The van der Waals surface area contributed by atoms with Gasteiger partial charge in [0.05, 0.1) is 11.3 Å². The quantitative estimate of drug-likeness (QED) is 0.774. The van der Waals surface area contributed by atoms with Gasteiger partial charge in [0.1, 0.15) is 11.6 Å². The molecule has 0 atom stereocenters. The number of hydrogen-bond donors (Lipinski definition) is 2. The second-order valence-electron chi connectivity index (χ2n) is 3.95. The minimum absolute atomic E-state index is 0.126. The van der Waals surface area contributed by atoms with Crippen molar-refractivity contribution in [3.8, 4) is 11.4 Å². The third-order valence-electron chi connectivity index (χ3n) is 2.81. The van der Waals surface area contributed by atoms with Gasteiger partial charge < -0.3 is 10.3 Å². The summed E-state index contributed by atoms with van der Waals surface area (Å²) in [5.74, 6) is 0.177. The predicted molar refractivity (Wildman–Crippen MR) is 60.8 cm³/mol. The van der Waals surface area contributed by atoms with Crippen LogP contribution in [0.4, 0.5) is 4.39 Å². The molecule has 1 aliphatic rings. The SMILES string of the molecule is O=c1[nH]c(-c2ccc(F)cc2)nc2c1CNC2. The Bertz CT molecular complexity index is 619. The van der Waals surface area contributed by atoms with Crippen molar-refractivity contribution in [3.05, 3.63) is 51.7 Å². The van der Waals surface area contributed by atoms with Crippen LogP contribution in [0.15, 0.2) is 29.1 Å². The number of nitrogens with zero attached hydrogens (tertiary/aromatic N) is 1. The van der Waals surface area contributed by atoms with Crippen LogP contribution >= 0.6 is 0 Å². The maximum absolute atomic E-state index is 12.8. The van der Waals surface area contributed by atoms with Crippen molar-refractivity contribution < 1.29 is 4.39 Å². The first-order valence-electron chi connectivity index (χ1n) is 5.33. The number of aromatic amines is 1. The van der Waals surface area contributed by atoms with Gasteiger partial charge >= 0.3 is 0 Å². The molecule has 0 spiro atoms. The molecule has 1 aliphatic heterocycles. The molecule has 4 nitrogen and oxygen atoms in total. The molecule has 2 aromatic rings. The van der Waals surface area contributed by atoms with Gasteiger partial charge in [-0.1, -0.05) is 0 Å². The zero-order chi connectivity index (χ0) is 11.8. The van der Waals surface area contributed by atoms with E-state index in [4.69, 9.17) is 0 Å². The topological polar surface area (TPSA) is 57.8 Å². The van der Waals surface area contributed by atoms with Crippen LogP contribution in [0.2, 0.25) is 0 Å². The normalized spacial score (nSPS) is 13.7. The third-order valence-corrected chi connectivity index (χ3v) is 2.81. The van der Waals surface area contributed by atoms with Crippen molar-refractivity contribution >= 4 is 0 Å². The van der Waals surface area contributed by atoms with E-state index in [2.05, 4.69) is 15.3 Å². The first-order valence-corrected chi connectivity index (χ1v) is 5.33. The Morgan fingerprint density at radius 1 is 1.18 bits per heavy atom. The molecule has 0 unspecified atom stereocenters. The van der Waals surface area contributed by atoms with Gasteiger partial charge in [-0.05, 0) is 24.3 Å². The average Bonchev–Trinajstić information content (AvgIpc) is 2.78. The van der Waals surface area contributed by atoms with E-state index in [1.807, 2.05) is 0 Å². The Morgan fingerprint density at radius 3 is 2.71 bits per heavy atom. The number of hydrogen-bond acceptors (Lipinski definition) is 3. The first kappa shape index (κ1) is 10.2. The second kappa shape index (κ2) is 3.78. The number of nitrogens with one attached hydrogen (secondary N) is 2. The lowest BCUT2D eigenvalue weighted by molar-refractivity contribution is 0.628. The molecule has 0 saturated heterocycles. The second-order valence-corrected chi connectivity index (χ2v) is 3.95. The summed E-state index contributed by atoms with van der Waals surface area (Å²) < 4.78 is 12.8. The summed E-state index contributed by atoms with van der Waals surface area (Å²) in [7, 11) is 0. The molecule has 2 heterocycles. The standard InChI is InChI=1S/C12H10FN3O/c13-8-3-1-7(2-4-8)11-15-10-6-14-5-9(10)12(17)16-11/h1-4,14H,5-6H2,(H,15,16,17). The summed E-state index contributed by atoms with van der Waals surface area (Å²) >= 11 is 0. The van der Waals surface area contributed by atoms with E-state index in [-0.39, 0.29) is 11.4 Å². The van der Waals surface area contributed by atoms with E-state index in [9.17, 15) is 9.18 Å². The Hall–Kier alpha value is -2.01. The minimum Gasteiger partial charge on any atom is -0.307 e. The Kier molecular flexibility index (Phi) is 2.26. The number of H-pyrrole nitrogens is 1. The van der Waals surface area contributed by atoms with Crippen LogP contribution in [0.1, 0.15) is 11.3 Å². The lowest BCUT2D eigenvalue weighted by Crippen LogP contribution is -2.15. The summed E-state index contributed by atoms with van der Waals surface area (Å²) in [4.78, 5) is 18.9. The zero-order valence-electron chi connectivity index (χ0n) is 8.96. The van der Waals surface area contributed by atoms with Crippen LogP contribution in [0.25, 0.3) is 11.4 Å². The van der Waals surface area contributed by atoms with Gasteiger partial charge in [-0.25, -0.2) is 9.37 Å². The molecule has 0 bridgehead atoms. The van der Waals surface area contributed by atoms with Gasteiger partial charge in [-0.2, -0.15) is 0 Å². The Morgan fingerprint density at radius 2 is 1.94 bits per heavy atom. The lowest BCUT2D eigenvalue weighted by Gasteiger charge is -2.03. The minimum atomic E-state index is -0.307. The Labute approximate surface area is 96.5 Å². The fourth-order valence-corrected chi connectivity index (χ4v) is 1.92. The van der Waals surface area contributed by atoms with E-state index >= 15 is 0 Å². The van der Waals surface area contributed by atoms with Gasteiger partial charge in [0.15, 0.2) is 0 Å². The molecule has 5 heteroatoms. The molecule has 86 valence electrons. The van der Waals surface area contributed by atoms with Crippen LogP contribution in [-0.4, -0.2) is 9.97 Å². The van der Waals surface area contributed by atoms with Crippen molar-refractivity contribution in [2.75, 3.05) is 0 Å². The van der Waals surface area contributed by atoms with E-state index in [0.29, 0.717) is 30.0 Å². The molecule has 1 aromatic carbocycles. The highest BCUT2D eigenvalue weighted by molar-refractivity contribution is 5.55. The number of aromatic nitrogens is 2. The van der Waals surface area contributed by atoms with Crippen molar-refractivity contribution in [3.63, 3.8) is 0 Å². The summed E-state index contributed by atoms with van der Waals surface area (Å²) in [5.41, 5.74) is 2.04. The molecule has 0 radical (unpaired) electrons. The highest BCUT2D eigenvalue weighted by Crippen LogP contribution is 2.16. The lowest BCUT2D eigenvalue weighted by atomic mass is 10.2.